The molecule has 2 rings (SSSR count). The van der Waals surface area contributed by atoms with Gasteiger partial charge in [0, 0.05) is 17.8 Å². The van der Waals surface area contributed by atoms with Gasteiger partial charge >= 0.3 is 0 Å². The smallest absolute Gasteiger partial charge is 0.213 e. The maximum atomic E-state index is 8.74. The Bertz CT molecular complexity index is 477. The van der Waals surface area contributed by atoms with E-state index in [9.17, 15) is 0 Å². The van der Waals surface area contributed by atoms with Crippen molar-refractivity contribution < 1.29 is 0 Å². The highest BCUT2D eigenvalue weighted by atomic mass is 32.1. The van der Waals surface area contributed by atoms with Crippen LogP contribution in [0, 0.1) is 18.3 Å². The monoisotopic (exact) mass is 204 g/mol. The summed E-state index contributed by atoms with van der Waals surface area (Å²) in [6.45, 7) is 2.58. The Morgan fingerprint density at radius 3 is 3.14 bits per heavy atom. The van der Waals surface area contributed by atoms with Crippen LogP contribution in [0.25, 0.3) is 0 Å². The van der Waals surface area contributed by atoms with E-state index in [2.05, 4.69) is 9.97 Å². The highest BCUT2D eigenvalue weighted by molar-refractivity contribution is 7.09. The Hall–Kier alpha value is -1.67. The number of aromatic nitrogens is 3. The molecule has 2 aromatic rings. The Morgan fingerprint density at radius 1 is 1.64 bits per heavy atom. The van der Waals surface area contributed by atoms with Crippen LogP contribution < -0.4 is 0 Å². The molecule has 0 amide bonds. The third kappa shape index (κ3) is 1.65. The van der Waals surface area contributed by atoms with Crippen LogP contribution in [0.15, 0.2) is 17.8 Å². The second-order valence-corrected chi connectivity index (χ2v) is 3.91. The molecule has 2 aromatic heterocycles. The topological polar surface area (TPSA) is 54.5 Å². The molecule has 5 heteroatoms. The second kappa shape index (κ2) is 3.60. The van der Waals surface area contributed by atoms with Crippen molar-refractivity contribution in [2.45, 2.75) is 13.5 Å². The van der Waals surface area contributed by atoms with Crippen molar-refractivity contribution in [1.82, 2.24) is 14.5 Å². The first-order valence-corrected chi connectivity index (χ1v) is 5.00. The van der Waals surface area contributed by atoms with E-state index in [1.54, 1.807) is 28.3 Å². The number of hydrogen-bond acceptors (Lipinski definition) is 4. The van der Waals surface area contributed by atoms with Crippen molar-refractivity contribution in [2.75, 3.05) is 0 Å². The van der Waals surface area contributed by atoms with Gasteiger partial charge in [-0.1, -0.05) is 0 Å². The van der Waals surface area contributed by atoms with Gasteiger partial charge < -0.3 is 4.57 Å². The minimum atomic E-state index is 0.427. The lowest BCUT2D eigenvalue weighted by Gasteiger charge is -1.98. The molecule has 0 unspecified atom stereocenters. The van der Waals surface area contributed by atoms with Gasteiger partial charge in [0.2, 0.25) is 5.82 Å². The van der Waals surface area contributed by atoms with Crippen LogP contribution >= 0.6 is 11.3 Å². The summed E-state index contributed by atoms with van der Waals surface area (Å²) in [6, 6.07) is 2.03. The summed E-state index contributed by atoms with van der Waals surface area (Å²) in [6.07, 6.45) is 3.41. The van der Waals surface area contributed by atoms with Gasteiger partial charge in [-0.05, 0) is 6.92 Å². The third-order valence-electron chi connectivity index (χ3n) is 1.81. The molecule has 70 valence electrons. The largest absolute Gasteiger partial charge is 0.317 e. The molecule has 0 saturated heterocycles. The summed E-state index contributed by atoms with van der Waals surface area (Å²) in [5, 5.41) is 11.8. The zero-order valence-corrected chi connectivity index (χ0v) is 8.45. The Balaban J connectivity index is 2.23. The summed E-state index contributed by atoms with van der Waals surface area (Å²) >= 11 is 1.61. The van der Waals surface area contributed by atoms with E-state index in [1.165, 1.54) is 0 Å². The fourth-order valence-electron chi connectivity index (χ4n) is 1.21. The van der Waals surface area contributed by atoms with E-state index in [1.807, 2.05) is 18.4 Å². The molecular weight excluding hydrogens is 196 g/mol. The van der Waals surface area contributed by atoms with Gasteiger partial charge in [0.1, 0.15) is 6.07 Å². The molecule has 0 aliphatic carbocycles. The maximum Gasteiger partial charge on any atom is 0.213 e. The first-order valence-electron chi connectivity index (χ1n) is 4.12. The summed E-state index contributed by atoms with van der Waals surface area (Å²) in [4.78, 5) is 8.24. The lowest BCUT2D eigenvalue weighted by atomic mass is 10.4. The fourth-order valence-corrected chi connectivity index (χ4v) is 1.81. The SMILES string of the molecule is Cc1nc(Cn2ccnc2C#N)cs1. The predicted octanol–water partition coefficient (Wildman–Crippen LogP) is 1.57. The number of imidazole rings is 1. The average molecular weight is 204 g/mol. The molecule has 0 atom stereocenters. The highest BCUT2D eigenvalue weighted by Gasteiger charge is 2.03. The summed E-state index contributed by atoms with van der Waals surface area (Å²) in [5.74, 6) is 0.427. The highest BCUT2D eigenvalue weighted by Crippen LogP contribution is 2.10. The molecule has 0 spiro atoms. The number of nitriles is 1. The second-order valence-electron chi connectivity index (χ2n) is 2.85. The fraction of sp³-hybridized carbons (Fsp3) is 0.222. The van der Waals surface area contributed by atoms with Crippen molar-refractivity contribution in [3.05, 3.63) is 34.3 Å². The zero-order valence-electron chi connectivity index (χ0n) is 7.64. The van der Waals surface area contributed by atoms with Crippen molar-refractivity contribution in [2.24, 2.45) is 0 Å². The van der Waals surface area contributed by atoms with Crippen LogP contribution in [0.3, 0.4) is 0 Å². The van der Waals surface area contributed by atoms with Gasteiger partial charge in [-0.25, -0.2) is 9.97 Å². The molecule has 0 N–H and O–H groups in total. The Morgan fingerprint density at radius 2 is 2.50 bits per heavy atom. The lowest BCUT2D eigenvalue weighted by molar-refractivity contribution is 0.763. The van der Waals surface area contributed by atoms with Gasteiger partial charge in [0.05, 0.1) is 17.2 Å². The average Bonchev–Trinajstić information content (AvgIpc) is 2.76. The van der Waals surface area contributed by atoms with Crippen LogP contribution in [0.2, 0.25) is 0 Å². The van der Waals surface area contributed by atoms with E-state index >= 15 is 0 Å². The van der Waals surface area contributed by atoms with Crippen molar-refractivity contribution in [3.8, 4) is 6.07 Å². The Kier molecular flexibility index (Phi) is 2.29. The number of thiazole rings is 1. The first kappa shape index (κ1) is 8.91. The molecule has 0 bridgehead atoms. The van der Waals surface area contributed by atoms with Gasteiger partial charge in [0.25, 0.3) is 0 Å². The zero-order chi connectivity index (χ0) is 9.97. The molecule has 0 aliphatic rings. The standard InChI is InChI=1S/C9H8N4S/c1-7-12-8(6-14-7)5-13-3-2-11-9(13)4-10/h2-3,6H,5H2,1H3. The molecule has 0 saturated carbocycles. The van der Waals surface area contributed by atoms with Gasteiger partial charge in [0.15, 0.2) is 0 Å². The molecule has 14 heavy (non-hydrogen) atoms. The molecule has 4 nitrogen and oxygen atoms in total. The first-order chi connectivity index (χ1) is 6.79. The van der Waals surface area contributed by atoms with E-state index in [0.717, 1.165) is 10.7 Å². The van der Waals surface area contributed by atoms with Crippen LogP contribution in [-0.4, -0.2) is 14.5 Å². The third-order valence-corrected chi connectivity index (χ3v) is 2.64. The molecule has 0 radical (unpaired) electrons. The minimum Gasteiger partial charge on any atom is -0.317 e. The van der Waals surface area contributed by atoms with Gasteiger partial charge in [-0.3, -0.25) is 0 Å². The van der Waals surface area contributed by atoms with E-state index in [0.29, 0.717) is 12.4 Å². The maximum absolute atomic E-state index is 8.74. The van der Waals surface area contributed by atoms with E-state index < -0.39 is 0 Å². The Labute approximate surface area is 85.5 Å². The van der Waals surface area contributed by atoms with Crippen LogP contribution in [0.5, 0.6) is 0 Å². The summed E-state index contributed by atoms with van der Waals surface area (Å²) < 4.78 is 1.79. The van der Waals surface area contributed by atoms with Crippen molar-refractivity contribution in [1.29, 1.82) is 5.26 Å². The normalized spacial score (nSPS) is 10.0. The van der Waals surface area contributed by atoms with Crippen LogP contribution in [0.1, 0.15) is 16.5 Å². The lowest BCUT2D eigenvalue weighted by Crippen LogP contribution is -2.01. The number of rotatable bonds is 2. The predicted molar refractivity (Wildman–Crippen MR) is 52.9 cm³/mol. The van der Waals surface area contributed by atoms with Crippen molar-refractivity contribution >= 4 is 11.3 Å². The molecular formula is C9H8N4S. The quantitative estimate of drug-likeness (QED) is 0.746. The molecule has 0 aliphatic heterocycles. The molecule has 0 fully saturated rings. The van der Waals surface area contributed by atoms with Gasteiger partial charge in [-0.2, -0.15) is 5.26 Å². The van der Waals surface area contributed by atoms with Crippen molar-refractivity contribution in [3.63, 3.8) is 0 Å². The molecule has 0 aromatic carbocycles. The van der Waals surface area contributed by atoms with Gasteiger partial charge in [-0.15, -0.1) is 11.3 Å². The van der Waals surface area contributed by atoms with Crippen LogP contribution in [-0.2, 0) is 6.54 Å². The van der Waals surface area contributed by atoms with E-state index in [4.69, 9.17) is 5.26 Å². The number of aryl methyl sites for hydroxylation is 1. The molecule has 2 heterocycles. The van der Waals surface area contributed by atoms with E-state index in [-0.39, 0.29) is 0 Å². The number of nitrogens with zero attached hydrogens (tertiary/aromatic N) is 4. The summed E-state index contributed by atoms with van der Waals surface area (Å²) in [5.41, 5.74) is 0.974. The van der Waals surface area contributed by atoms with Crippen LogP contribution in [0.4, 0.5) is 0 Å². The number of hydrogen-bond donors (Lipinski definition) is 0. The minimum absolute atomic E-state index is 0.427. The summed E-state index contributed by atoms with van der Waals surface area (Å²) in [7, 11) is 0.